The maximum absolute atomic E-state index is 14.0. The van der Waals surface area contributed by atoms with Crippen LogP contribution in [0.2, 0.25) is 5.02 Å². The van der Waals surface area contributed by atoms with E-state index in [1.807, 2.05) is 52.0 Å². The van der Waals surface area contributed by atoms with Crippen LogP contribution >= 0.6 is 27.5 Å². The Labute approximate surface area is 250 Å². The number of hydrogen-bond acceptors (Lipinski definition) is 4. The Morgan fingerprint density at radius 2 is 1.57 bits per heavy atom. The summed E-state index contributed by atoms with van der Waals surface area (Å²) in [7, 11) is -4.15. The molecule has 1 N–H and O–H groups in total. The molecule has 0 saturated heterocycles. The highest BCUT2D eigenvalue weighted by Crippen LogP contribution is 2.29. The molecule has 0 spiro atoms. The molecule has 0 heterocycles. The minimum Gasteiger partial charge on any atom is -0.350 e. The van der Waals surface area contributed by atoms with Gasteiger partial charge in [0.25, 0.3) is 10.0 Å². The van der Waals surface area contributed by atoms with E-state index in [4.69, 9.17) is 11.6 Å². The number of nitrogens with zero attached hydrogens (tertiary/aromatic N) is 2. The predicted octanol–water partition coefficient (Wildman–Crippen LogP) is 6.25. The minimum atomic E-state index is -4.15. The van der Waals surface area contributed by atoms with Gasteiger partial charge in [-0.1, -0.05) is 57.4 Å². The van der Waals surface area contributed by atoms with E-state index in [9.17, 15) is 18.0 Å². The summed E-state index contributed by atoms with van der Waals surface area (Å²) in [6, 6.07) is 17.8. The van der Waals surface area contributed by atoms with Crippen LogP contribution in [0.1, 0.15) is 44.4 Å². The first kappa shape index (κ1) is 31.6. The van der Waals surface area contributed by atoms with Crippen LogP contribution in [0, 0.1) is 13.8 Å². The van der Waals surface area contributed by atoms with E-state index in [1.165, 1.54) is 17.0 Å². The second-order valence-corrected chi connectivity index (χ2v) is 14.0. The van der Waals surface area contributed by atoms with E-state index < -0.39 is 34.1 Å². The van der Waals surface area contributed by atoms with E-state index >= 15 is 0 Å². The van der Waals surface area contributed by atoms with E-state index in [0.717, 1.165) is 19.9 Å². The van der Waals surface area contributed by atoms with Crippen molar-refractivity contribution in [3.05, 3.63) is 92.9 Å². The molecule has 0 fully saturated rings. The highest BCUT2D eigenvalue weighted by atomic mass is 79.9. The quantitative estimate of drug-likeness (QED) is 0.297. The van der Waals surface area contributed by atoms with Gasteiger partial charge in [0.05, 0.1) is 10.6 Å². The van der Waals surface area contributed by atoms with Gasteiger partial charge in [0, 0.05) is 21.6 Å². The Balaban J connectivity index is 2.07. The van der Waals surface area contributed by atoms with Crippen LogP contribution in [0.3, 0.4) is 0 Å². The lowest BCUT2D eigenvalue weighted by Gasteiger charge is -2.34. The molecule has 0 aliphatic heterocycles. The summed E-state index contributed by atoms with van der Waals surface area (Å²) in [4.78, 5) is 28.7. The second-order valence-electron chi connectivity index (χ2n) is 10.8. The number of rotatable bonds is 9. The van der Waals surface area contributed by atoms with E-state index in [0.29, 0.717) is 16.3 Å². The van der Waals surface area contributed by atoms with Crippen LogP contribution in [0.15, 0.2) is 76.1 Å². The molecule has 3 aromatic rings. The molecule has 3 rings (SSSR count). The fourth-order valence-corrected chi connectivity index (χ4v) is 6.06. The summed E-state index contributed by atoms with van der Waals surface area (Å²) < 4.78 is 29.9. The van der Waals surface area contributed by atoms with Crippen molar-refractivity contribution in [2.24, 2.45) is 0 Å². The first-order valence-corrected chi connectivity index (χ1v) is 15.4. The molecule has 3 aromatic carbocycles. The fraction of sp³-hybridized carbons (Fsp3) is 0.333. The third-order valence-electron chi connectivity index (χ3n) is 6.25. The van der Waals surface area contributed by atoms with Gasteiger partial charge < -0.3 is 10.2 Å². The van der Waals surface area contributed by atoms with Crippen LogP contribution in [0.4, 0.5) is 5.69 Å². The van der Waals surface area contributed by atoms with Gasteiger partial charge in [0.15, 0.2) is 0 Å². The molecule has 0 aliphatic rings. The Bertz CT molecular complexity index is 1470. The zero-order valence-corrected chi connectivity index (χ0v) is 26.7. The largest absolute Gasteiger partial charge is 0.350 e. The van der Waals surface area contributed by atoms with Gasteiger partial charge in [-0.05, 0) is 95.1 Å². The van der Waals surface area contributed by atoms with Crippen LogP contribution in [-0.2, 0) is 26.2 Å². The first-order valence-electron chi connectivity index (χ1n) is 12.8. The molecule has 2 amide bonds. The maximum Gasteiger partial charge on any atom is 0.264 e. The fourth-order valence-electron chi connectivity index (χ4n) is 4.09. The SMILES string of the molecule is Cc1ccc(S(=O)(=O)N(CC(=O)N(Cc2ccc(Br)cc2)[C@@H](C)C(=O)NC(C)(C)C)c2ccc(Cl)cc2C)cc1. The number of hydrogen-bond donors (Lipinski definition) is 1. The van der Waals surface area contributed by atoms with Crippen molar-refractivity contribution in [2.75, 3.05) is 10.8 Å². The van der Waals surface area contributed by atoms with Crippen LogP contribution < -0.4 is 9.62 Å². The summed E-state index contributed by atoms with van der Waals surface area (Å²) >= 11 is 9.58. The highest BCUT2D eigenvalue weighted by Gasteiger charge is 2.34. The molecular formula is C30H35BrClN3O4S. The van der Waals surface area contributed by atoms with Crippen molar-refractivity contribution in [2.45, 2.75) is 64.6 Å². The number of nitrogens with one attached hydrogen (secondary N) is 1. The number of aryl methyl sites for hydroxylation is 2. The number of halogens is 2. The lowest BCUT2D eigenvalue weighted by Crippen LogP contribution is -2.54. The third-order valence-corrected chi connectivity index (χ3v) is 8.78. The van der Waals surface area contributed by atoms with Gasteiger partial charge in [0.1, 0.15) is 12.6 Å². The summed E-state index contributed by atoms with van der Waals surface area (Å²) in [6.07, 6.45) is 0. The average Bonchev–Trinajstić information content (AvgIpc) is 2.86. The number of amides is 2. The summed E-state index contributed by atoms with van der Waals surface area (Å²) in [5.74, 6) is -0.863. The second kappa shape index (κ2) is 12.7. The first-order chi connectivity index (χ1) is 18.6. The average molecular weight is 649 g/mol. The van der Waals surface area contributed by atoms with Crippen molar-refractivity contribution in [3.8, 4) is 0 Å². The zero-order chi connectivity index (χ0) is 29.8. The van der Waals surface area contributed by atoms with E-state index in [1.54, 1.807) is 44.2 Å². The van der Waals surface area contributed by atoms with Gasteiger partial charge in [-0.2, -0.15) is 0 Å². The van der Waals surface area contributed by atoms with Gasteiger partial charge in [-0.15, -0.1) is 0 Å². The minimum absolute atomic E-state index is 0.0539. The summed E-state index contributed by atoms with van der Waals surface area (Å²) in [5, 5.41) is 3.37. The van der Waals surface area contributed by atoms with Crippen molar-refractivity contribution in [3.63, 3.8) is 0 Å². The molecule has 7 nitrogen and oxygen atoms in total. The maximum atomic E-state index is 14.0. The van der Waals surface area contributed by atoms with Gasteiger partial charge in [0.2, 0.25) is 11.8 Å². The molecule has 40 heavy (non-hydrogen) atoms. The topological polar surface area (TPSA) is 86.8 Å². The number of carbonyl (C=O) groups is 2. The zero-order valence-electron chi connectivity index (χ0n) is 23.5. The predicted molar refractivity (Wildman–Crippen MR) is 164 cm³/mol. The number of carbonyl (C=O) groups excluding carboxylic acids is 2. The number of sulfonamides is 1. The Hall–Kier alpha value is -2.88. The van der Waals surface area contributed by atoms with Crippen molar-refractivity contribution >= 4 is 55.1 Å². The highest BCUT2D eigenvalue weighted by molar-refractivity contribution is 9.10. The molecule has 1 atom stereocenters. The number of anilines is 1. The normalized spacial score (nSPS) is 12.5. The van der Waals surface area contributed by atoms with Crippen LogP contribution in [-0.4, -0.2) is 43.3 Å². The Morgan fingerprint density at radius 1 is 0.975 bits per heavy atom. The molecule has 0 aromatic heterocycles. The standard InChI is InChI=1S/C30H35BrClN3O4S/c1-20-7-14-26(15-8-20)40(38,39)35(27-16-13-25(32)17-21(27)2)19-28(36)34(18-23-9-11-24(31)12-10-23)22(3)29(37)33-30(4,5)6/h7-17,22H,18-19H2,1-6H3,(H,33,37)/t22-/m0/s1. The molecular weight excluding hydrogens is 614 g/mol. The smallest absolute Gasteiger partial charge is 0.264 e. The van der Waals surface area contributed by atoms with Crippen LogP contribution in [0.5, 0.6) is 0 Å². The van der Waals surface area contributed by atoms with Gasteiger partial charge in [-0.3, -0.25) is 13.9 Å². The van der Waals surface area contributed by atoms with Crippen molar-refractivity contribution < 1.29 is 18.0 Å². The monoisotopic (exact) mass is 647 g/mol. The summed E-state index contributed by atoms with van der Waals surface area (Å²) in [6.45, 7) is 10.4. The summed E-state index contributed by atoms with van der Waals surface area (Å²) in [5.41, 5.74) is 2.10. The van der Waals surface area contributed by atoms with E-state index in [2.05, 4.69) is 21.2 Å². The van der Waals surface area contributed by atoms with Gasteiger partial charge >= 0.3 is 0 Å². The number of benzene rings is 3. The van der Waals surface area contributed by atoms with E-state index in [-0.39, 0.29) is 17.3 Å². The molecule has 214 valence electrons. The van der Waals surface area contributed by atoms with Gasteiger partial charge in [-0.25, -0.2) is 8.42 Å². The Morgan fingerprint density at radius 3 is 2.12 bits per heavy atom. The van der Waals surface area contributed by atoms with Crippen molar-refractivity contribution in [1.29, 1.82) is 0 Å². The molecule has 0 saturated carbocycles. The lowest BCUT2D eigenvalue weighted by atomic mass is 10.1. The molecule has 0 aliphatic carbocycles. The van der Waals surface area contributed by atoms with Crippen molar-refractivity contribution in [1.82, 2.24) is 10.2 Å². The molecule has 0 bridgehead atoms. The Kier molecular flexibility index (Phi) is 10.1. The molecule has 0 radical (unpaired) electrons. The molecule has 10 heteroatoms. The third kappa shape index (κ3) is 8.08. The molecule has 0 unspecified atom stereocenters. The van der Waals surface area contributed by atoms with Crippen LogP contribution in [0.25, 0.3) is 0 Å². The lowest BCUT2D eigenvalue weighted by molar-refractivity contribution is -0.140.